The van der Waals surface area contributed by atoms with Crippen LogP contribution in [0.15, 0.2) is 58.7 Å². The molecule has 9 heteroatoms. The minimum absolute atomic E-state index is 0.118. The Kier molecular flexibility index (Phi) is 5.84. The van der Waals surface area contributed by atoms with E-state index in [1.807, 2.05) is 45.0 Å². The zero-order valence-electron chi connectivity index (χ0n) is 17.2. The zero-order valence-corrected chi connectivity index (χ0v) is 18.8. The van der Waals surface area contributed by atoms with Crippen LogP contribution in [-0.4, -0.2) is 30.8 Å². The monoisotopic (exact) mass is 453 g/mol. The standard InChI is InChI=1S/C22H20ClN5O2S/c1-13-5-7-17(10-15(13)3)27-8-9-28-20(21(27)30)25-26-22(28)31-12-19(29)24-18-11-16(23)6-4-14(18)2/h4-11H,12H2,1-3H3,(H,24,29). The molecule has 0 saturated carbocycles. The molecule has 2 aromatic heterocycles. The van der Waals surface area contributed by atoms with Gasteiger partial charge >= 0.3 is 5.56 Å². The fraction of sp³-hybridized carbons (Fsp3) is 0.182. The number of carbonyl (C=O) groups is 1. The first-order valence-corrected chi connectivity index (χ1v) is 10.9. The summed E-state index contributed by atoms with van der Waals surface area (Å²) in [6.07, 6.45) is 3.41. The Morgan fingerprint density at radius 3 is 2.58 bits per heavy atom. The van der Waals surface area contributed by atoms with Crippen molar-refractivity contribution in [1.82, 2.24) is 19.2 Å². The molecule has 158 valence electrons. The van der Waals surface area contributed by atoms with Crippen LogP contribution in [0.1, 0.15) is 16.7 Å². The number of nitrogens with one attached hydrogen (secondary N) is 1. The Morgan fingerprint density at radius 2 is 1.81 bits per heavy atom. The maximum atomic E-state index is 12.9. The number of aromatic nitrogens is 4. The predicted molar refractivity (Wildman–Crippen MR) is 124 cm³/mol. The summed E-state index contributed by atoms with van der Waals surface area (Å²) in [5.41, 5.74) is 4.54. The normalized spacial score (nSPS) is 11.1. The fourth-order valence-electron chi connectivity index (χ4n) is 3.09. The third-order valence-electron chi connectivity index (χ3n) is 5.01. The topological polar surface area (TPSA) is 81.3 Å². The van der Waals surface area contributed by atoms with Gasteiger partial charge in [0.1, 0.15) is 0 Å². The SMILES string of the molecule is Cc1ccc(-n2ccn3c(SCC(=O)Nc4cc(Cl)ccc4C)nnc3c2=O)cc1C. The Labute approximate surface area is 188 Å². The molecule has 0 atom stereocenters. The number of amides is 1. The second-order valence-corrected chi connectivity index (χ2v) is 8.59. The van der Waals surface area contributed by atoms with Crippen molar-refractivity contribution in [2.75, 3.05) is 11.1 Å². The Bertz CT molecular complexity index is 1360. The third kappa shape index (κ3) is 4.35. The highest BCUT2D eigenvalue weighted by molar-refractivity contribution is 7.99. The molecule has 4 rings (SSSR count). The molecule has 0 saturated heterocycles. The van der Waals surface area contributed by atoms with E-state index in [9.17, 15) is 9.59 Å². The summed E-state index contributed by atoms with van der Waals surface area (Å²) in [5.74, 6) is -0.0805. The van der Waals surface area contributed by atoms with Gasteiger partial charge < -0.3 is 5.32 Å². The second kappa shape index (κ2) is 8.56. The Morgan fingerprint density at radius 1 is 1.03 bits per heavy atom. The number of fused-ring (bicyclic) bond motifs is 1. The summed E-state index contributed by atoms with van der Waals surface area (Å²) in [5, 5.41) is 12.0. The highest BCUT2D eigenvalue weighted by Gasteiger charge is 2.14. The number of hydrogen-bond donors (Lipinski definition) is 1. The van der Waals surface area contributed by atoms with Gasteiger partial charge in [0.2, 0.25) is 11.6 Å². The summed E-state index contributed by atoms with van der Waals surface area (Å²) in [7, 11) is 0. The van der Waals surface area contributed by atoms with E-state index in [4.69, 9.17) is 11.6 Å². The van der Waals surface area contributed by atoms with Gasteiger partial charge in [-0.3, -0.25) is 18.6 Å². The average molecular weight is 454 g/mol. The summed E-state index contributed by atoms with van der Waals surface area (Å²) < 4.78 is 3.14. The number of hydrogen-bond acceptors (Lipinski definition) is 5. The number of rotatable bonds is 5. The van der Waals surface area contributed by atoms with E-state index in [1.54, 1.807) is 33.5 Å². The van der Waals surface area contributed by atoms with Crippen LogP contribution in [0.25, 0.3) is 11.3 Å². The number of halogens is 1. The first-order chi connectivity index (χ1) is 14.8. The molecule has 0 spiro atoms. The van der Waals surface area contributed by atoms with Crippen LogP contribution in [0, 0.1) is 20.8 Å². The van der Waals surface area contributed by atoms with E-state index in [0.29, 0.717) is 15.9 Å². The molecular weight excluding hydrogens is 434 g/mol. The maximum Gasteiger partial charge on any atom is 0.300 e. The Balaban J connectivity index is 1.53. The van der Waals surface area contributed by atoms with E-state index in [1.165, 1.54) is 11.8 Å². The third-order valence-corrected chi connectivity index (χ3v) is 6.19. The maximum absolute atomic E-state index is 12.9. The lowest BCUT2D eigenvalue weighted by molar-refractivity contribution is -0.113. The van der Waals surface area contributed by atoms with E-state index < -0.39 is 0 Å². The van der Waals surface area contributed by atoms with E-state index in [2.05, 4.69) is 15.5 Å². The molecule has 1 N–H and O–H groups in total. The van der Waals surface area contributed by atoms with E-state index in [0.717, 1.165) is 22.4 Å². The molecule has 0 radical (unpaired) electrons. The summed E-state index contributed by atoms with van der Waals surface area (Å²) in [6, 6.07) is 11.2. The lowest BCUT2D eigenvalue weighted by Crippen LogP contribution is -2.20. The molecule has 2 aromatic carbocycles. The summed E-state index contributed by atoms with van der Waals surface area (Å²) >= 11 is 7.21. The molecule has 0 aliphatic heterocycles. The van der Waals surface area contributed by atoms with Gasteiger partial charge in [-0.15, -0.1) is 10.2 Å². The van der Waals surface area contributed by atoms with E-state index in [-0.39, 0.29) is 22.9 Å². The molecule has 0 aliphatic carbocycles. The number of thioether (sulfide) groups is 1. The molecule has 0 aliphatic rings. The minimum atomic E-state index is -0.274. The number of nitrogens with zero attached hydrogens (tertiary/aromatic N) is 4. The number of benzene rings is 2. The Hall–Kier alpha value is -3.10. The van der Waals surface area contributed by atoms with Crippen LogP contribution in [0.2, 0.25) is 5.02 Å². The molecule has 2 heterocycles. The first-order valence-electron chi connectivity index (χ1n) is 9.56. The van der Waals surface area contributed by atoms with Gasteiger partial charge in [-0.25, -0.2) is 0 Å². The highest BCUT2D eigenvalue weighted by Crippen LogP contribution is 2.22. The quantitative estimate of drug-likeness (QED) is 0.458. The van der Waals surface area contributed by atoms with Crippen LogP contribution in [0.3, 0.4) is 0 Å². The van der Waals surface area contributed by atoms with Crippen molar-refractivity contribution in [1.29, 1.82) is 0 Å². The van der Waals surface area contributed by atoms with Gasteiger partial charge in [-0.05, 0) is 61.7 Å². The summed E-state index contributed by atoms with van der Waals surface area (Å²) in [6.45, 7) is 5.92. The molecule has 1 amide bonds. The van der Waals surface area contributed by atoms with E-state index >= 15 is 0 Å². The van der Waals surface area contributed by atoms with Gasteiger partial charge in [0.05, 0.1) is 5.75 Å². The zero-order chi connectivity index (χ0) is 22.1. The van der Waals surface area contributed by atoms with Crippen molar-refractivity contribution in [2.45, 2.75) is 25.9 Å². The predicted octanol–water partition coefficient (Wildman–Crippen LogP) is 4.19. The van der Waals surface area contributed by atoms with Gasteiger partial charge in [0.25, 0.3) is 0 Å². The van der Waals surface area contributed by atoms with Crippen molar-refractivity contribution in [3.8, 4) is 5.69 Å². The first kappa shape index (κ1) is 21.1. The number of anilines is 1. The molecule has 4 aromatic rings. The van der Waals surface area contributed by atoms with Gasteiger partial charge in [0.15, 0.2) is 5.16 Å². The molecule has 0 fully saturated rings. The molecular formula is C22H20ClN5O2S. The van der Waals surface area contributed by atoms with Gasteiger partial charge in [-0.1, -0.05) is 35.5 Å². The van der Waals surface area contributed by atoms with Crippen LogP contribution >= 0.6 is 23.4 Å². The molecule has 7 nitrogen and oxygen atoms in total. The fourth-order valence-corrected chi connectivity index (χ4v) is 3.98. The van der Waals surface area contributed by atoms with Crippen molar-refractivity contribution in [3.05, 3.63) is 80.9 Å². The lowest BCUT2D eigenvalue weighted by atomic mass is 10.1. The lowest BCUT2D eigenvalue weighted by Gasteiger charge is -2.09. The van der Waals surface area contributed by atoms with Crippen LogP contribution in [0.4, 0.5) is 5.69 Å². The summed E-state index contributed by atoms with van der Waals surface area (Å²) in [4.78, 5) is 25.3. The largest absolute Gasteiger partial charge is 0.325 e. The van der Waals surface area contributed by atoms with Crippen LogP contribution in [0.5, 0.6) is 0 Å². The van der Waals surface area contributed by atoms with Crippen molar-refractivity contribution in [3.63, 3.8) is 0 Å². The van der Waals surface area contributed by atoms with Gasteiger partial charge in [0, 0.05) is 28.8 Å². The van der Waals surface area contributed by atoms with Gasteiger partial charge in [-0.2, -0.15) is 0 Å². The molecule has 0 bridgehead atoms. The number of carbonyl (C=O) groups excluding carboxylic acids is 1. The van der Waals surface area contributed by atoms with Crippen LogP contribution in [-0.2, 0) is 4.79 Å². The minimum Gasteiger partial charge on any atom is -0.325 e. The molecule has 31 heavy (non-hydrogen) atoms. The second-order valence-electron chi connectivity index (χ2n) is 7.21. The van der Waals surface area contributed by atoms with Crippen molar-refractivity contribution < 1.29 is 4.79 Å². The average Bonchev–Trinajstić information content (AvgIpc) is 3.16. The van der Waals surface area contributed by atoms with Crippen LogP contribution < -0.4 is 10.9 Å². The molecule has 0 unspecified atom stereocenters. The number of aryl methyl sites for hydroxylation is 3. The van der Waals surface area contributed by atoms with Crippen molar-refractivity contribution in [2.24, 2.45) is 0 Å². The highest BCUT2D eigenvalue weighted by atomic mass is 35.5. The van der Waals surface area contributed by atoms with Crippen molar-refractivity contribution >= 4 is 40.6 Å². The smallest absolute Gasteiger partial charge is 0.300 e.